The predicted molar refractivity (Wildman–Crippen MR) is 208 cm³/mol. The number of aliphatic carboxylic acids is 1. The van der Waals surface area contributed by atoms with Crippen molar-refractivity contribution in [2.75, 3.05) is 19.8 Å². The molecule has 0 spiro atoms. The number of phosphoric ester groups is 1. The molecule has 4 N–H and O–H groups in total. The zero-order valence-electron chi connectivity index (χ0n) is 32.4. The number of hydrogen-bond donors (Lipinski definition) is 3. The van der Waals surface area contributed by atoms with Gasteiger partial charge < -0.3 is 25.2 Å². The molecule has 0 rings (SSSR count). The van der Waals surface area contributed by atoms with Crippen molar-refractivity contribution in [2.24, 2.45) is 5.73 Å². The Morgan fingerprint density at radius 3 is 1.56 bits per heavy atom. The summed E-state index contributed by atoms with van der Waals surface area (Å²) in [6, 6.07) is -1.52. The summed E-state index contributed by atoms with van der Waals surface area (Å²) in [5.74, 6) is -2.41. The molecule has 3 atom stereocenters. The van der Waals surface area contributed by atoms with Crippen molar-refractivity contribution >= 4 is 25.7 Å². The number of ether oxygens (including phenoxy) is 2. The van der Waals surface area contributed by atoms with Crippen LogP contribution in [0.2, 0.25) is 0 Å². The molecule has 0 bridgehead atoms. The van der Waals surface area contributed by atoms with Gasteiger partial charge in [0.15, 0.2) is 6.10 Å². The standard InChI is InChI=1S/C40H72NO10P/c1-3-5-7-9-11-13-15-17-18-20-21-23-25-27-29-31-38(42)48-33-36(34-49-52(46,47)50-35-37(41)40(44)45)51-39(43)32-30-28-26-24-22-19-16-14-12-10-8-6-4-2/h11,13-14,16-18,36-37H,3-10,12,15,19-35,41H2,1-2H3,(H,44,45)(H,46,47)/b13-11+,16-14+,18-17+/t36-,37+/m1/s1. The number of carboxylic acids is 1. The van der Waals surface area contributed by atoms with Gasteiger partial charge in [-0.15, -0.1) is 0 Å². The Morgan fingerprint density at radius 2 is 1.02 bits per heavy atom. The van der Waals surface area contributed by atoms with Crippen molar-refractivity contribution in [3.05, 3.63) is 36.5 Å². The smallest absolute Gasteiger partial charge is 0.472 e. The van der Waals surface area contributed by atoms with E-state index in [-0.39, 0.29) is 19.4 Å². The van der Waals surface area contributed by atoms with Crippen LogP contribution in [-0.2, 0) is 37.5 Å². The molecule has 0 saturated heterocycles. The summed E-state index contributed by atoms with van der Waals surface area (Å²) in [4.78, 5) is 45.8. The van der Waals surface area contributed by atoms with Crippen molar-refractivity contribution in [1.82, 2.24) is 0 Å². The predicted octanol–water partition coefficient (Wildman–Crippen LogP) is 10.1. The summed E-state index contributed by atoms with van der Waals surface area (Å²) in [5.41, 5.74) is 5.32. The van der Waals surface area contributed by atoms with E-state index in [0.29, 0.717) is 12.8 Å². The first-order valence-corrected chi connectivity index (χ1v) is 21.5. The number of carboxylic acid groups (broad SMARTS) is 1. The second-order valence-corrected chi connectivity index (χ2v) is 14.9. The molecule has 0 aliphatic rings. The summed E-state index contributed by atoms with van der Waals surface area (Å²) in [6.07, 6.45) is 36.4. The molecule has 0 radical (unpaired) electrons. The van der Waals surface area contributed by atoms with E-state index in [1.165, 1.54) is 44.9 Å². The largest absolute Gasteiger partial charge is 0.480 e. The minimum atomic E-state index is -4.72. The van der Waals surface area contributed by atoms with Gasteiger partial charge >= 0.3 is 25.7 Å². The van der Waals surface area contributed by atoms with E-state index in [4.69, 9.17) is 24.8 Å². The number of hydrogen-bond acceptors (Lipinski definition) is 9. The maximum Gasteiger partial charge on any atom is 0.472 e. The van der Waals surface area contributed by atoms with E-state index in [1.807, 2.05) is 0 Å². The lowest BCUT2D eigenvalue weighted by Gasteiger charge is -2.20. The number of allylic oxidation sites excluding steroid dienone is 6. The lowest BCUT2D eigenvalue weighted by Crippen LogP contribution is -2.34. The molecule has 0 aromatic heterocycles. The van der Waals surface area contributed by atoms with Gasteiger partial charge in [-0.05, 0) is 70.6 Å². The van der Waals surface area contributed by atoms with Crippen LogP contribution in [0.4, 0.5) is 0 Å². The van der Waals surface area contributed by atoms with Crippen LogP contribution in [0.25, 0.3) is 0 Å². The second-order valence-electron chi connectivity index (χ2n) is 13.4. The lowest BCUT2D eigenvalue weighted by molar-refractivity contribution is -0.161. The van der Waals surface area contributed by atoms with E-state index in [2.05, 4.69) is 54.8 Å². The highest BCUT2D eigenvalue weighted by molar-refractivity contribution is 7.47. The van der Waals surface area contributed by atoms with Crippen LogP contribution >= 0.6 is 7.82 Å². The molecule has 0 aliphatic carbocycles. The van der Waals surface area contributed by atoms with Crippen LogP contribution in [0.3, 0.4) is 0 Å². The number of carbonyl (C=O) groups is 3. The Bertz CT molecular complexity index is 1030. The van der Waals surface area contributed by atoms with E-state index < -0.39 is 51.1 Å². The Balaban J connectivity index is 4.45. The number of esters is 2. The van der Waals surface area contributed by atoms with Crippen molar-refractivity contribution in [3.8, 4) is 0 Å². The Morgan fingerprint density at radius 1 is 0.596 bits per heavy atom. The molecule has 12 heteroatoms. The SMILES string of the molecule is CCCCC/C=C/C/C=C/CCCCCCCC(=O)OC[C@H](COP(=O)(O)OC[C@H](N)C(=O)O)OC(=O)CCCCCCC/C=C/CCCCCC. The fourth-order valence-corrected chi connectivity index (χ4v) is 5.92. The van der Waals surface area contributed by atoms with Gasteiger partial charge in [-0.3, -0.25) is 23.4 Å². The molecule has 0 fully saturated rings. The molecular formula is C40H72NO10P. The molecule has 0 aromatic carbocycles. The van der Waals surface area contributed by atoms with Gasteiger partial charge in [-0.2, -0.15) is 0 Å². The molecule has 1 unspecified atom stereocenters. The van der Waals surface area contributed by atoms with E-state index in [0.717, 1.165) is 83.5 Å². The highest BCUT2D eigenvalue weighted by Gasteiger charge is 2.28. The Hall–Kier alpha value is -2.30. The van der Waals surface area contributed by atoms with Gasteiger partial charge in [-0.25, -0.2) is 4.57 Å². The van der Waals surface area contributed by atoms with Crippen molar-refractivity contribution in [1.29, 1.82) is 0 Å². The number of carbonyl (C=O) groups excluding carboxylic acids is 2. The van der Waals surface area contributed by atoms with Gasteiger partial charge in [0.05, 0.1) is 13.2 Å². The van der Waals surface area contributed by atoms with Crippen LogP contribution in [0, 0.1) is 0 Å². The average Bonchev–Trinajstić information content (AvgIpc) is 3.12. The van der Waals surface area contributed by atoms with Gasteiger partial charge in [-0.1, -0.05) is 121 Å². The molecule has 0 aromatic rings. The summed E-state index contributed by atoms with van der Waals surface area (Å²) in [7, 11) is -4.72. The topological polar surface area (TPSA) is 172 Å². The molecule has 0 heterocycles. The summed E-state index contributed by atoms with van der Waals surface area (Å²) in [6.45, 7) is 2.72. The highest BCUT2D eigenvalue weighted by atomic mass is 31.2. The van der Waals surface area contributed by atoms with Gasteiger partial charge in [0.1, 0.15) is 12.6 Å². The summed E-state index contributed by atoms with van der Waals surface area (Å²) < 4.78 is 32.6. The third-order valence-electron chi connectivity index (χ3n) is 8.36. The van der Waals surface area contributed by atoms with Gasteiger partial charge in [0.2, 0.25) is 0 Å². The number of unbranched alkanes of at least 4 members (excludes halogenated alkanes) is 17. The molecular weight excluding hydrogens is 685 g/mol. The zero-order chi connectivity index (χ0) is 38.5. The summed E-state index contributed by atoms with van der Waals surface area (Å²) in [5, 5.41) is 8.86. The quantitative estimate of drug-likeness (QED) is 0.0238. The third-order valence-corrected chi connectivity index (χ3v) is 9.31. The average molecular weight is 758 g/mol. The van der Waals surface area contributed by atoms with Crippen LogP contribution in [-0.4, -0.2) is 59.9 Å². The van der Waals surface area contributed by atoms with E-state index >= 15 is 0 Å². The Kier molecular flexibility index (Phi) is 34.1. The maximum absolute atomic E-state index is 12.6. The zero-order valence-corrected chi connectivity index (χ0v) is 33.3. The minimum absolute atomic E-state index is 0.148. The van der Waals surface area contributed by atoms with Gasteiger partial charge in [0.25, 0.3) is 0 Å². The molecule has 302 valence electrons. The third kappa shape index (κ3) is 34.8. The first-order valence-electron chi connectivity index (χ1n) is 20.0. The molecule has 52 heavy (non-hydrogen) atoms. The lowest BCUT2D eigenvalue weighted by atomic mass is 10.1. The Labute approximate surface area is 314 Å². The van der Waals surface area contributed by atoms with Crippen molar-refractivity contribution in [3.63, 3.8) is 0 Å². The first kappa shape index (κ1) is 49.7. The van der Waals surface area contributed by atoms with Gasteiger partial charge in [0, 0.05) is 12.8 Å². The molecule has 0 aliphatic heterocycles. The van der Waals surface area contributed by atoms with E-state index in [9.17, 15) is 23.8 Å². The van der Waals surface area contributed by atoms with Crippen molar-refractivity contribution < 1.29 is 47.5 Å². The maximum atomic E-state index is 12.6. The van der Waals surface area contributed by atoms with Crippen molar-refractivity contribution in [2.45, 2.75) is 180 Å². The fraction of sp³-hybridized carbons (Fsp3) is 0.775. The van der Waals surface area contributed by atoms with Crippen LogP contribution in [0.15, 0.2) is 36.5 Å². The monoisotopic (exact) mass is 757 g/mol. The second kappa shape index (κ2) is 35.7. The number of nitrogens with two attached hydrogens (primary N) is 1. The molecule has 0 amide bonds. The summed E-state index contributed by atoms with van der Waals surface area (Å²) >= 11 is 0. The molecule has 0 saturated carbocycles. The first-order chi connectivity index (χ1) is 25.1. The van der Waals surface area contributed by atoms with Crippen LogP contribution < -0.4 is 5.73 Å². The highest BCUT2D eigenvalue weighted by Crippen LogP contribution is 2.43. The normalized spacial score (nSPS) is 14.2. The minimum Gasteiger partial charge on any atom is -0.480 e. The number of phosphoric acid groups is 1. The number of rotatable bonds is 37. The molecule has 11 nitrogen and oxygen atoms in total. The van der Waals surface area contributed by atoms with Crippen LogP contribution in [0.5, 0.6) is 0 Å². The fourth-order valence-electron chi connectivity index (χ4n) is 5.15. The van der Waals surface area contributed by atoms with Crippen LogP contribution in [0.1, 0.15) is 168 Å². The van der Waals surface area contributed by atoms with E-state index in [1.54, 1.807) is 0 Å².